The van der Waals surface area contributed by atoms with Crippen LogP contribution in [0, 0.1) is 0 Å². The maximum absolute atomic E-state index is 12.1. The zero-order valence-corrected chi connectivity index (χ0v) is 14.3. The van der Waals surface area contributed by atoms with Gasteiger partial charge in [-0.05, 0) is 53.4 Å². The van der Waals surface area contributed by atoms with E-state index in [0.717, 1.165) is 23.4 Å². The lowest BCUT2D eigenvalue weighted by Gasteiger charge is -2.11. The molecule has 1 aliphatic heterocycles. The second-order valence-corrected chi connectivity index (χ2v) is 6.35. The van der Waals surface area contributed by atoms with Crippen molar-refractivity contribution in [2.75, 3.05) is 10.6 Å². The van der Waals surface area contributed by atoms with Crippen molar-refractivity contribution < 1.29 is 4.79 Å². The zero-order chi connectivity index (χ0) is 17.8. The number of nitrogens with zero attached hydrogens (tertiary/aromatic N) is 1. The third kappa shape index (κ3) is 3.67. The molecule has 4 rings (SSSR count). The highest BCUT2D eigenvalue weighted by atomic mass is 16.2. The fourth-order valence-corrected chi connectivity index (χ4v) is 3.18. The van der Waals surface area contributed by atoms with Crippen LogP contribution in [0.4, 0.5) is 16.2 Å². The normalized spacial score (nSPS) is 15.0. The summed E-state index contributed by atoms with van der Waals surface area (Å²) in [4.78, 5) is 16.1. The number of benzene rings is 2. The highest BCUT2D eigenvalue weighted by Crippen LogP contribution is 2.35. The molecule has 26 heavy (non-hydrogen) atoms. The van der Waals surface area contributed by atoms with Crippen LogP contribution in [-0.2, 0) is 13.0 Å². The largest absolute Gasteiger partial charge is 0.378 e. The Morgan fingerprint density at radius 2 is 1.88 bits per heavy atom. The number of hydrogen-bond donors (Lipinski definition) is 3. The third-order valence-electron chi connectivity index (χ3n) is 4.52. The number of aromatic nitrogens is 1. The van der Waals surface area contributed by atoms with Crippen LogP contribution in [0.1, 0.15) is 22.7 Å². The van der Waals surface area contributed by atoms with Crippen molar-refractivity contribution in [3.63, 3.8) is 0 Å². The zero-order valence-electron chi connectivity index (χ0n) is 14.3. The number of fused-ring (bicyclic) bond motifs is 1. The minimum absolute atomic E-state index is 0.215. The highest BCUT2D eigenvalue weighted by Gasteiger charge is 2.22. The van der Waals surface area contributed by atoms with E-state index in [9.17, 15) is 4.79 Å². The standard InChI is InChI=1S/C21H20N4O/c26-21(23-14-15-8-10-22-11-9-15)24-18-6-7-19-17(12-18)13-20(25-19)16-4-2-1-3-5-16/h1-12,20,25H,13-14H2,(H2,23,24,26). The molecule has 1 aliphatic rings. The maximum atomic E-state index is 12.1. The number of hydrogen-bond acceptors (Lipinski definition) is 3. The summed E-state index contributed by atoms with van der Waals surface area (Å²) in [5.74, 6) is 0. The van der Waals surface area contributed by atoms with Crippen LogP contribution in [-0.4, -0.2) is 11.0 Å². The summed E-state index contributed by atoms with van der Waals surface area (Å²) in [5, 5.41) is 9.30. The average Bonchev–Trinajstić information content (AvgIpc) is 3.11. The molecule has 0 aliphatic carbocycles. The van der Waals surface area contributed by atoms with E-state index >= 15 is 0 Å². The Morgan fingerprint density at radius 3 is 2.69 bits per heavy atom. The number of carbonyl (C=O) groups is 1. The van der Waals surface area contributed by atoms with Gasteiger partial charge in [0.05, 0.1) is 6.04 Å². The number of rotatable bonds is 4. The second-order valence-electron chi connectivity index (χ2n) is 6.35. The van der Waals surface area contributed by atoms with Crippen LogP contribution >= 0.6 is 0 Å². The monoisotopic (exact) mass is 344 g/mol. The van der Waals surface area contributed by atoms with Gasteiger partial charge >= 0.3 is 6.03 Å². The van der Waals surface area contributed by atoms with Gasteiger partial charge in [0.15, 0.2) is 0 Å². The van der Waals surface area contributed by atoms with E-state index in [1.807, 2.05) is 36.4 Å². The summed E-state index contributed by atoms with van der Waals surface area (Å²) in [6.45, 7) is 0.469. The van der Waals surface area contributed by atoms with Gasteiger partial charge in [0.1, 0.15) is 0 Å². The van der Waals surface area contributed by atoms with E-state index in [0.29, 0.717) is 6.54 Å². The molecule has 0 spiro atoms. The first-order valence-corrected chi connectivity index (χ1v) is 8.66. The molecule has 2 aromatic carbocycles. The van der Waals surface area contributed by atoms with Crippen molar-refractivity contribution >= 4 is 17.4 Å². The first kappa shape index (κ1) is 16.1. The second kappa shape index (κ2) is 7.27. The van der Waals surface area contributed by atoms with Gasteiger partial charge in [0, 0.05) is 30.3 Å². The summed E-state index contributed by atoms with van der Waals surface area (Å²) < 4.78 is 0. The van der Waals surface area contributed by atoms with Gasteiger partial charge in [0.2, 0.25) is 0 Å². The lowest BCUT2D eigenvalue weighted by atomic mass is 10.0. The molecular weight excluding hydrogens is 324 g/mol. The molecule has 1 aromatic heterocycles. The number of pyridine rings is 1. The first-order valence-electron chi connectivity index (χ1n) is 8.66. The Balaban J connectivity index is 1.37. The smallest absolute Gasteiger partial charge is 0.319 e. The molecule has 0 fully saturated rings. The van der Waals surface area contributed by atoms with Crippen molar-refractivity contribution in [3.05, 3.63) is 89.7 Å². The van der Waals surface area contributed by atoms with E-state index in [1.165, 1.54) is 11.1 Å². The van der Waals surface area contributed by atoms with E-state index in [2.05, 4.69) is 45.2 Å². The first-order chi connectivity index (χ1) is 12.8. The van der Waals surface area contributed by atoms with Gasteiger partial charge in [-0.25, -0.2) is 4.79 Å². The molecule has 5 heteroatoms. The molecule has 1 atom stereocenters. The van der Waals surface area contributed by atoms with Crippen LogP contribution in [0.2, 0.25) is 0 Å². The Bertz CT molecular complexity index is 896. The molecule has 3 N–H and O–H groups in total. The summed E-state index contributed by atoms with van der Waals surface area (Å²) in [5.41, 5.74) is 5.42. The Labute approximate surface area is 152 Å². The predicted octanol–water partition coefficient (Wildman–Crippen LogP) is 4.11. The van der Waals surface area contributed by atoms with E-state index < -0.39 is 0 Å². The number of urea groups is 1. The van der Waals surface area contributed by atoms with Gasteiger partial charge in [-0.2, -0.15) is 0 Å². The number of nitrogens with one attached hydrogen (secondary N) is 3. The molecule has 0 bridgehead atoms. The molecule has 130 valence electrons. The van der Waals surface area contributed by atoms with Crippen molar-refractivity contribution in [3.8, 4) is 0 Å². The Kier molecular flexibility index (Phi) is 4.51. The molecule has 2 amide bonds. The Morgan fingerprint density at radius 1 is 1.08 bits per heavy atom. The molecule has 5 nitrogen and oxygen atoms in total. The fraction of sp³-hybridized carbons (Fsp3) is 0.143. The van der Waals surface area contributed by atoms with Gasteiger partial charge in [-0.15, -0.1) is 0 Å². The SMILES string of the molecule is O=C(NCc1ccncc1)Nc1ccc2c(c1)CC(c1ccccc1)N2. The van der Waals surface area contributed by atoms with E-state index in [1.54, 1.807) is 12.4 Å². The minimum Gasteiger partial charge on any atom is -0.378 e. The Hall–Kier alpha value is -3.34. The van der Waals surface area contributed by atoms with Crippen molar-refractivity contribution in [2.45, 2.75) is 19.0 Å². The molecule has 1 unspecified atom stereocenters. The quantitative estimate of drug-likeness (QED) is 0.667. The van der Waals surface area contributed by atoms with E-state index in [4.69, 9.17) is 0 Å². The highest BCUT2D eigenvalue weighted by molar-refractivity contribution is 5.89. The molecule has 0 radical (unpaired) electrons. The van der Waals surface area contributed by atoms with Gasteiger partial charge < -0.3 is 16.0 Å². The molecule has 2 heterocycles. The van der Waals surface area contributed by atoms with Crippen LogP contribution < -0.4 is 16.0 Å². The fourth-order valence-electron chi connectivity index (χ4n) is 3.18. The number of carbonyl (C=O) groups excluding carboxylic acids is 1. The van der Waals surface area contributed by atoms with Crippen molar-refractivity contribution in [1.82, 2.24) is 10.3 Å². The van der Waals surface area contributed by atoms with Gasteiger partial charge in [-0.1, -0.05) is 30.3 Å². The van der Waals surface area contributed by atoms with Gasteiger partial charge in [0.25, 0.3) is 0 Å². The molecule has 0 saturated carbocycles. The third-order valence-corrected chi connectivity index (χ3v) is 4.52. The minimum atomic E-state index is -0.215. The average molecular weight is 344 g/mol. The van der Waals surface area contributed by atoms with Crippen LogP contribution in [0.15, 0.2) is 73.1 Å². The predicted molar refractivity (Wildman–Crippen MR) is 103 cm³/mol. The lowest BCUT2D eigenvalue weighted by Crippen LogP contribution is -2.28. The van der Waals surface area contributed by atoms with Crippen LogP contribution in [0.5, 0.6) is 0 Å². The summed E-state index contributed by atoms with van der Waals surface area (Å²) >= 11 is 0. The van der Waals surface area contributed by atoms with E-state index in [-0.39, 0.29) is 12.1 Å². The summed E-state index contributed by atoms with van der Waals surface area (Å²) in [7, 11) is 0. The lowest BCUT2D eigenvalue weighted by molar-refractivity contribution is 0.251. The summed E-state index contributed by atoms with van der Waals surface area (Å²) in [6, 6.07) is 20.2. The summed E-state index contributed by atoms with van der Waals surface area (Å²) in [6.07, 6.45) is 4.34. The van der Waals surface area contributed by atoms with Crippen molar-refractivity contribution in [1.29, 1.82) is 0 Å². The maximum Gasteiger partial charge on any atom is 0.319 e. The topological polar surface area (TPSA) is 66.0 Å². The molecule has 0 saturated heterocycles. The number of amides is 2. The van der Waals surface area contributed by atoms with Crippen LogP contribution in [0.25, 0.3) is 0 Å². The molecule has 3 aromatic rings. The molecular formula is C21H20N4O. The van der Waals surface area contributed by atoms with Crippen molar-refractivity contribution in [2.24, 2.45) is 0 Å². The van der Waals surface area contributed by atoms with Crippen LogP contribution in [0.3, 0.4) is 0 Å². The number of anilines is 2. The van der Waals surface area contributed by atoms with Gasteiger partial charge in [-0.3, -0.25) is 4.98 Å².